The molecule has 8 nitrogen and oxygen atoms in total. The van der Waals surface area contributed by atoms with Gasteiger partial charge in [0.05, 0.1) is 23.9 Å². The van der Waals surface area contributed by atoms with E-state index in [0.29, 0.717) is 37.0 Å². The van der Waals surface area contributed by atoms with E-state index >= 15 is 0 Å². The normalized spacial score (nSPS) is 16.0. The summed E-state index contributed by atoms with van der Waals surface area (Å²) in [5.74, 6) is 1.25. The van der Waals surface area contributed by atoms with Crippen LogP contribution in [0.5, 0.6) is 0 Å². The van der Waals surface area contributed by atoms with E-state index in [1.54, 1.807) is 13.3 Å². The van der Waals surface area contributed by atoms with Crippen LogP contribution in [0.3, 0.4) is 0 Å². The number of fused-ring (bicyclic) bond motifs is 1. The minimum atomic E-state index is 0.0554. The second-order valence-electron chi connectivity index (χ2n) is 5.92. The van der Waals surface area contributed by atoms with Crippen LogP contribution in [0.15, 0.2) is 28.9 Å². The van der Waals surface area contributed by atoms with Crippen LogP contribution < -0.4 is 0 Å². The van der Waals surface area contributed by atoms with Crippen molar-refractivity contribution in [2.24, 2.45) is 0 Å². The van der Waals surface area contributed by atoms with Crippen molar-refractivity contribution in [2.45, 2.75) is 13.5 Å². The molecule has 124 valence electrons. The van der Waals surface area contributed by atoms with Gasteiger partial charge in [0.2, 0.25) is 11.8 Å². The Balaban J connectivity index is 1.38. The summed E-state index contributed by atoms with van der Waals surface area (Å²) in [7, 11) is 0. The smallest absolute Gasteiger partial charge is 0.254 e. The van der Waals surface area contributed by atoms with Crippen molar-refractivity contribution in [1.29, 1.82) is 0 Å². The van der Waals surface area contributed by atoms with Crippen LogP contribution in [0.4, 0.5) is 0 Å². The fourth-order valence-electron chi connectivity index (χ4n) is 2.95. The topological polar surface area (TPSA) is 91.2 Å². The molecule has 0 atom stereocenters. The third-order valence-electron chi connectivity index (χ3n) is 4.25. The zero-order valence-corrected chi connectivity index (χ0v) is 13.4. The zero-order valence-electron chi connectivity index (χ0n) is 13.4. The third-order valence-corrected chi connectivity index (χ3v) is 4.25. The van der Waals surface area contributed by atoms with Crippen molar-refractivity contribution in [3.63, 3.8) is 0 Å². The Hall–Kier alpha value is -2.74. The molecule has 1 saturated heterocycles. The highest BCUT2D eigenvalue weighted by atomic mass is 16.4. The molecule has 1 aliphatic rings. The van der Waals surface area contributed by atoms with E-state index in [2.05, 4.69) is 25.1 Å². The zero-order chi connectivity index (χ0) is 16.5. The van der Waals surface area contributed by atoms with E-state index in [9.17, 15) is 4.79 Å². The molecule has 4 rings (SSSR count). The lowest BCUT2D eigenvalue weighted by Gasteiger charge is -2.34. The number of amides is 1. The van der Waals surface area contributed by atoms with E-state index in [1.807, 2.05) is 23.1 Å². The summed E-state index contributed by atoms with van der Waals surface area (Å²) in [6, 6.07) is 5.56. The molecule has 0 unspecified atom stereocenters. The minimum absolute atomic E-state index is 0.0554. The summed E-state index contributed by atoms with van der Waals surface area (Å²) in [5.41, 5.74) is 2.44. The van der Waals surface area contributed by atoms with Crippen molar-refractivity contribution in [3.05, 3.63) is 41.9 Å². The maximum atomic E-state index is 12.7. The molecule has 0 bridgehead atoms. The van der Waals surface area contributed by atoms with E-state index < -0.39 is 0 Å². The number of imidazole rings is 1. The molecule has 2 aromatic heterocycles. The maximum absolute atomic E-state index is 12.7. The molecule has 0 spiro atoms. The van der Waals surface area contributed by atoms with Crippen molar-refractivity contribution in [1.82, 2.24) is 30.0 Å². The molecule has 8 heteroatoms. The summed E-state index contributed by atoms with van der Waals surface area (Å²) in [6.45, 7) is 5.37. The minimum Gasteiger partial charge on any atom is -0.424 e. The van der Waals surface area contributed by atoms with Crippen molar-refractivity contribution < 1.29 is 9.21 Å². The first-order valence-electron chi connectivity index (χ1n) is 7.93. The molecule has 1 fully saturated rings. The van der Waals surface area contributed by atoms with Gasteiger partial charge >= 0.3 is 0 Å². The number of piperazine rings is 1. The number of hydrogen-bond donors (Lipinski definition) is 1. The molecule has 3 aromatic rings. The summed E-state index contributed by atoms with van der Waals surface area (Å²) in [6.07, 6.45) is 1.64. The Morgan fingerprint density at radius 2 is 2.08 bits per heavy atom. The van der Waals surface area contributed by atoms with E-state index in [0.717, 1.165) is 24.1 Å². The van der Waals surface area contributed by atoms with Gasteiger partial charge in [-0.25, -0.2) is 4.98 Å². The lowest BCUT2D eigenvalue weighted by molar-refractivity contribution is 0.0618. The molecule has 0 aliphatic carbocycles. The first kappa shape index (κ1) is 14.8. The molecule has 0 saturated carbocycles. The lowest BCUT2D eigenvalue weighted by atomic mass is 10.1. The molecule has 24 heavy (non-hydrogen) atoms. The number of aromatic amines is 1. The van der Waals surface area contributed by atoms with Crippen LogP contribution in [0.1, 0.15) is 22.1 Å². The number of aryl methyl sites for hydroxylation is 1. The van der Waals surface area contributed by atoms with Gasteiger partial charge in [-0.1, -0.05) is 0 Å². The van der Waals surface area contributed by atoms with Gasteiger partial charge in [-0.3, -0.25) is 9.69 Å². The fraction of sp³-hybridized carbons (Fsp3) is 0.375. The van der Waals surface area contributed by atoms with Crippen LogP contribution in [0.2, 0.25) is 0 Å². The molecule has 1 aromatic carbocycles. The van der Waals surface area contributed by atoms with Crippen molar-refractivity contribution >= 4 is 16.9 Å². The Kier molecular flexibility index (Phi) is 3.73. The Labute approximate surface area is 138 Å². The number of rotatable bonds is 3. The third kappa shape index (κ3) is 2.88. The van der Waals surface area contributed by atoms with Gasteiger partial charge in [-0.15, -0.1) is 10.2 Å². The van der Waals surface area contributed by atoms with Crippen molar-refractivity contribution in [2.75, 3.05) is 26.2 Å². The van der Waals surface area contributed by atoms with E-state index in [-0.39, 0.29) is 5.91 Å². The largest absolute Gasteiger partial charge is 0.424 e. The number of benzene rings is 1. The van der Waals surface area contributed by atoms with Gasteiger partial charge in [0.25, 0.3) is 5.91 Å². The van der Waals surface area contributed by atoms with Gasteiger partial charge in [0.15, 0.2) is 0 Å². The number of hydrogen-bond acceptors (Lipinski definition) is 6. The highest BCUT2D eigenvalue weighted by molar-refractivity contribution is 5.97. The monoisotopic (exact) mass is 326 g/mol. The number of aromatic nitrogens is 4. The second kappa shape index (κ2) is 6.04. The number of H-pyrrole nitrogens is 1. The van der Waals surface area contributed by atoms with Crippen LogP contribution in [-0.2, 0) is 6.54 Å². The van der Waals surface area contributed by atoms with Gasteiger partial charge in [0.1, 0.15) is 0 Å². The van der Waals surface area contributed by atoms with Gasteiger partial charge in [-0.2, -0.15) is 0 Å². The number of carbonyl (C=O) groups excluding carboxylic acids is 1. The Morgan fingerprint density at radius 1 is 1.25 bits per heavy atom. The molecular weight excluding hydrogens is 308 g/mol. The Bertz CT molecular complexity index is 862. The average Bonchev–Trinajstić information content (AvgIpc) is 3.23. The molecular formula is C16H18N6O2. The number of nitrogens with one attached hydrogen (secondary N) is 1. The molecule has 1 aliphatic heterocycles. The first-order valence-corrected chi connectivity index (χ1v) is 7.93. The van der Waals surface area contributed by atoms with Crippen LogP contribution in [0, 0.1) is 6.92 Å². The highest BCUT2D eigenvalue weighted by Crippen LogP contribution is 2.15. The molecule has 3 heterocycles. The quantitative estimate of drug-likeness (QED) is 0.778. The fourth-order valence-corrected chi connectivity index (χ4v) is 2.95. The van der Waals surface area contributed by atoms with Crippen LogP contribution >= 0.6 is 0 Å². The van der Waals surface area contributed by atoms with Gasteiger partial charge in [0, 0.05) is 38.7 Å². The lowest BCUT2D eigenvalue weighted by Crippen LogP contribution is -2.48. The summed E-state index contributed by atoms with van der Waals surface area (Å²) >= 11 is 0. The van der Waals surface area contributed by atoms with Crippen molar-refractivity contribution in [3.8, 4) is 0 Å². The summed E-state index contributed by atoms with van der Waals surface area (Å²) in [4.78, 5) is 24.0. The second-order valence-corrected chi connectivity index (χ2v) is 5.92. The predicted molar refractivity (Wildman–Crippen MR) is 86.3 cm³/mol. The summed E-state index contributed by atoms with van der Waals surface area (Å²) in [5, 5.41) is 7.86. The van der Waals surface area contributed by atoms with Gasteiger partial charge < -0.3 is 14.3 Å². The number of nitrogens with zero attached hydrogens (tertiary/aromatic N) is 5. The number of carbonyl (C=O) groups is 1. The van der Waals surface area contributed by atoms with Gasteiger partial charge in [-0.05, 0) is 18.2 Å². The maximum Gasteiger partial charge on any atom is 0.254 e. The van der Waals surface area contributed by atoms with E-state index in [4.69, 9.17) is 4.42 Å². The molecule has 1 N–H and O–H groups in total. The van der Waals surface area contributed by atoms with Crippen LogP contribution in [0.25, 0.3) is 11.0 Å². The Morgan fingerprint density at radius 3 is 2.83 bits per heavy atom. The SMILES string of the molecule is Cc1nnc(CN2CCN(C(=O)c3ccc4nc[nH]c4c3)CC2)o1. The standard InChI is InChI=1S/C16H18N6O2/c1-11-19-20-15(24-11)9-21-4-6-22(7-5-21)16(23)12-2-3-13-14(8-12)18-10-17-13/h2-3,8,10H,4-7,9H2,1H3,(H,17,18). The summed E-state index contributed by atoms with van der Waals surface area (Å²) < 4.78 is 5.41. The molecule has 1 amide bonds. The predicted octanol–water partition coefficient (Wildman–Crippen LogP) is 1.21. The first-order chi connectivity index (χ1) is 11.7. The average molecular weight is 326 g/mol. The van der Waals surface area contributed by atoms with E-state index in [1.165, 1.54) is 0 Å². The molecule has 0 radical (unpaired) electrons. The highest BCUT2D eigenvalue weighted by Gasteiger charge is 2.23. The van der Waals surface area contributed by atoms with Crippen LogP contribution in [-0.4, -0.2) is 62.1 Å².